The lowest BCUT2D eigenvalue weighted by Crippen LogP contribution is -2.45. The van der Waals surface area contributed by atoms with Gasteiger partial charge < -0.3 is 14.7 Å². The molecule has 4 rings (SSSR count). The fourth-order valence-electron chi connectivity index (χ4n) is 3.92. The Kier molecular flexibility index (Phi) is 5.05. The van der Waals surface area contributed by atoms with Gasteiger partial charge in [-0.15, -0.1) is 0 Å². The van der Waals surface area contributed by atoms with Crippen LogP contribution in [-0.4, -0.2) is 40.2 Å². The minimum absolute atomic E-state index is 0.0419. The topological polar surface area (TPSA) is 84.2 Å². The monoisotopic (exact) mass is 373 g/mol. The van der Waals surface area contributed by atoms with Crippen LogP contribution in [0.25, 0.3) is 0 Å². The zero-order chi connectivity index (χ0) is 18.8. The summed E-state index contributed by atoms with van der Waals surface area (Å²) in [5.41, 5.74) is 1.83. The minimum Gasteiger partial charge on any atom is -0.360 e. The summed E-state index contributed by atoms with van der Waals surface area (Å²) in [6.07, 6.45) is 7.28. The fraction of sp³-hybridized carbons (Fsp3) is 0.579. The van der Waals surface area contributed by atoms with E-state index in [-0.39, 0.29) is 17.8 Å². The molecule has 1 aliphatic heterocycles. The number of aryl methyl sites for hydroxylation is 2. The third-order valence-electron chi connectivity index (χ3n) is 5.47. The second-order valence-electron chi connectivity index (χ2n) is 7.19. The molecule has 1 saturated heterocycles. The Morgan fingerprint density at radius 3 is 2.85 bits per heavy atom. The van der Waals surface area contributed by atoms with E-state index >= 15 is 0 Å². The molecule has 7 nitrogen and oxygen atoms in total. The molecular weight excluding hydrogens is 349 g/mol. The summed E-state index contributed by atoms with van der Waals surface area (Å²) in [4.78, 5) is 22.6. The number of nitrogens with zero attached hydrogens (tertiary/aromatic N) is 4. The molecule has 0 bridgehead atoms. The van der Waals surface area contributed by atoms with Crippen molar-refractivity contribution in [3.05, 3.63) is 34.9 Å². The maximum Gasteiger partial charge on any atom is 0.273 e. The van der Waals surface area contributed by atoms with Crippen molar-refractivity contribution in [1.82, 2.24) is 20.4 Å². The molecule has 3 heterocycles. The number of halogens is 1. The normalized spacial score (nSPS) is 17.6. The number of piperidine rings is 1. The summed E-state index contributed by atoms with van der Waals surface area (Å²) in [6, 6.07) is 0.0419. The second-order valence-corrected chi connectivity index (χ2v) is 7.19. The highest BCUT2D eigenvalue weighted by Crippen LogP contribution is 2.25. The highest BCUT2D eigenvalue weighted by Gasteiger charge is 2.28. The average Bonchev–Trinajstić information content (AvgIpc) is 3.13. The Balaban J connectivity index is 1.37. The van der Waals surface area contributed by atoms with E-state index in [9.17, 15) is 9.18 Å². The van der Waals surface area contributed by atoms with Gasteiger partial charge in [0.15, 0.2) is 17.3 Å². The maximum absolute atomic E-state index is 14.5. The summed E-state index contributed by atoms with van der Waals surface area (Å²) >= 11 is 0. The molecule has 1 aliphatic carbocycles. The van der Waals surface area contributed by atoms with Gasteiger partial charge in [0.25, 0.3) is 5.91 Å². The molecule has 1 amide bonds. The van der Waals surface area contributed by atoms with Crippen molar-refractivity contribution >= 4 is 11.7 Å². The first-order chi connectivity index (χ1) is 13.2. The lowest BCUT2D eigenvalue weighted by molar-refractivity contribution is 0.0921. The first-order valence-corrected chi connectivity index (χ1v) is 9.70. The molecule has 0 radical (unpaired) electrons. The second kappa shape index (κ2) is 7.62. The van der Waals surface area contributed by atoms with Gasteiger partial charge in [-0.2, -0.15) is 0 Å². The largest absolute Gasteiger partial charge is 0.360 e. The van der Waals surface area contributed by atoms with Crippen LogP contribution >= 0.6 is 0 Å². The molecule has 1 fully saturated rings. The summed E-state index contributed by atoms with van der Waals surface area (Å²) in [5.74, 6) is 0.711. The summed E-state index contributed by atoms with van der Waals surface area (Å²) in [6.45, 7) is 3.15. The molecule has 0 spiro atoms. The standard InChI is InChI=1S/C19H24FN5O2/c1-2-14-16(20)18(22-11-21-14)25-9-7-12(8-10-25)23-19(26)17-13-5-3-4-6-15(13)27-24-17/h11-12H,2-10H2,1H3,(H,23,26). The van der Waals surface area contributed by atoms with Crippen molar-refractivity contribution in [3.63, 3.8) is 0 Å². The Labute approximate surface area is 157 Å². The van der Waals surface area contributed by atoms with E-state index in [4.69, 9.17) is 4.52 Å². The lowest BCUT2D eigenvalue weighted by atomic mass is 9.96. The molecule has 1 N–H and O–H groups in total. The van der Waals surface area contributed by atoms with E-state index in [0.717, 1.165) is 49.8 Å². The Hall–Kier alpha value is -2.51. The number of fused-ring (bicyclic) bond motifs is 1. The summed E-state index contributed by atoms with van der Waals surface area (Å²) < 4.78 is 19.8. The van der Waals surface area contributed by atoms with E-state index in [1.54, 1.807) is 0 Å². The van der Waals surface area contributed by atoms with Crippen molar-refractivity contribution in [1.29, 1.82) is 0 Å². The predicted octanol–water partition coefficient (Wildman–Crippen LogP) is 2.44. The van der Waals surface area contributed by atoms with Gasteiger partial charge in [0, 0.05) is 31.1 Å². The van der Waals surface area contributed by atoms with E-state index in [0.29, 0.717) is 36.7 Å². The molecule has 2 aliphatic rings. The molecule has 144 valence electrons. The van der Waals surface area contributed by atoms with Crippen LogP contribution in [0.15, 0.2) is 10.9 Å². The highest BCUT2D eigenvalue weighted by molar-refractivity contribution is 5.94. The Morgan fingerprint density at radius 2 is 2.07 bits per heavy atom. The number of amides is 1. The van der Waals surface area contributed by atoms with Gasteiger partial charge in [-0.25, -0.2) is 14.4 Å². The Morgan fingerprint density at radius 1 is 1.30 bits per heavy atom. The summed E-state index contributed by atoms with van der Waals surface area (Å²) in [7, 11) is 0. The van der Waals surface area contributed by atoms with Gasteiger partial charge in [0.2, 0.25) is 0 Å². The molecule has 0 aromatic carbocycles. The molecule has 0 atom stereocenters. The van der Waals surface area contributed by atoms with E-state index in [1.807, 2.05) is 11.8 Å². The van der Waals surface area contributed by atoms with Gasteiger partial charge in [0.05, 0.1) is 5.69 Å². The SMILES string of the molecule is CCc1ncnc(N2CCC(NC(=O)c3noc4c3CCCC4)CC2)c1F. The van der Waals surface area contributed by atoms with Crippen LogP contribution in [0.5, 0.6) is 0 Å². The third-order valence-corrected chi connectivity index (χ3v) is 5.47. The van der Waals surface area contributed by atoms with Crippen LogP contribution in [0.1, 0.15) is 60.1 Å². The van der Waals surface area contributed by atoms with Crippen LogP contribution < -0.4 is 10.2 Å². The van der Waals surface area contributed by atoms with Gasteiger partial charge in [-0.05, 0) is 38.5 Å². The van der Waals surface area contributed by atoms with Crippen molar-refractivity contribution in [3.8, 4) is 0 Å². The number of aromatic nitrogens is 3. The van der Waals surface area contributed by atoms with Crippen LogP contribution in [0.3, 0.4) is 0 Å². The van der Waals surface area contributed by atoms with Gasteiger partial charge >= 0.3 is 0 Å². The first-order valence-electron chi connectivity index (χ1n) is 9.70. The highest BCUT2D eigenvalue weighted by atomic mass is 19.1. The fourth-order valence-corrected chi connectivity index (χ4v) is 3.92. The zero-order valence-electron chi connectivity index (χ0n) is 15.5. The lowest BCUT2D eigenvalue weighted by Gasteiger charge is -2.33. The number of hydrogen-bond acceptors (Lipinski definition) is 6. The van der Waals surface area contributed by atoms with E-state index in [2.05, 4.69) is 20.4 Å². The number of anilines is 1. The van der Waals surface area contributed by atoms with E-state index in [1.165, 1.54) is 6.33 Å². The van der Waals surface area contributed by atoms with Gasteiger partial charge in [-0.1, -0.05) is 12.1 Å². The molecule has 0 saturated carbocycles. The molecule has 2 aromatic rings. The molecule has 0 unspecified atom stereocenters. The van der Waals surface area contributed by atoms with Gasteiger partial charge in [0.1, 0.15) is 12.1 Å². The van der Waals surface area contributed by atoms with Crippen LogP contribution in [0.4, 0.5) is 10.2 Å². The van der Waals surface area contributed by atoms with Crippen LogP contribution in [0, 0.1) is 5.82 Å². The molecule has 8 heteroatoms. The zero-order valence-corrected chi connectivity index (χ0v) is 15.5. The van der Waals surface area contributed by atoms with Gasteiger partial charge in [-0.3, -0.25) is 4.79 Å². The quantitative estimate of drug-likeness (QED) is 0.886. The number of carbonyl (C=O) groups is 1. The maximum atomic E-state index is 14.5. The molecular formula is C19H24FN5O2. The molecule has 27 heavy (non-hydrogen) atoms. The predicted molar refractivity (Wildman–Crippen MR) is 97.2 cm³/mol. The number of rotatable bonds is 4. The Bertz CT molecular complexity index is 830. The molecule has 2 aromatic heterocycles. The first kappa shape index (κ1) is 17.9. The minimum atomic E-state index is -0.336. The van der Waals surface area contributed by atoms with Crippen molar-refractivity contribution in [2.75, 3.05) is 18.0 Å². The number of carbonyl (C=O) groups excluding carboxylic acids is 1. The average molecular weight is 373 g/mol. The number of nitrogens with one attached hydrogen (secondary N) is 1. The third kappa shape index (κ3) is 3.52. The van der Waals surface area contributed by atoms with Crippen molar-refractivity contribution < 1.29 is 13.7 Å². The van der Waals surface area contributed by atoms with Crippen molar-refractivity contribution in [2.45, 2.75) is 57.9 Å². The van der Waals surface area contributed by atoms with Crippen LogP contribution in [-0.2, 0) is 19.3 Å². The summed E-state index contributed by atoms with van der Waals surface area (Å²) in [5, 5.41) is 7.06. The smallest absolute Gasteiger partial charge is 0.273 e. The van der Waals surface area contributed by atoms with Crippen LogP contribution in [0.2, 0.25) is 0 Å². The number of hydrogen-bond donors (Lipinski definition) is 1. The van der Waals surface area contributed by atoms with Crippen molar-refractivity contribution in [2.24, 2.45) is 0 Å². The van der Waals surface area contributed by atoms with E-state index < -0.39 is 0 Å².